The molecule has 1 aromatic heterocycles. The van der Waals surface area contributed by atoms with Crippen molar-refractivity contribution < 1.29 is 4.79 Å². The van der Waals surface area contributed by atoms with Crippen molar-refractivity contribution in [3.8, 4) is 0 Å². The van der Waals surface area contributed by atoms with Gasteiger partial charge in [0.15, 0.2) is 0 Å². The van der Waals surface area contributed by atoms with E-state index in [4.69, 9.17) is 17.3 Å². The molecule has 0 fully saturated rings. The number of pyridine rings is 1. The van der Waals surface area contributed by atoms with Crippen LogP contribution in [0.4, 0.5) is 11.5 Å². The molecular formula is C13H11BrClN3O. The second-order valence-corrected chi connectivity index (χ2v) is 5.33. The van der Waals surface area contributed by atoms with Crippen LogP contribution in [0.3, 0.4) is 0 Å². The number of halogens is 2. The summed E-state index contributed by atoms with van der Waals surface area (Å²) in [6.07, 6.45) is 1.51. The van der Waals surface area contributed by atoms with E-state index in [9.17, 15) is 4.79 Å². The van der Waals surface area contributed by atoms with Gasteiger partial charge in [-0.25, -0.2) is 4.98 Å². The first kappa shape index (κ1) is 13.8. The quantitative estimate of drug-likeness (QED) is 0.877. The maximum Gasteiger partial charge on any atom is 0.258 e. The summed E-state index contributed by atoms with van der Waals surface area (Å²) in [6.45, 7) is 1.85. The van der Waals surface area contributed by atoms with E-state index < -0.39 is 0 Å². The first-order valence-electron chi connectivity index (χ1n) is 5.46. The summed E-state index contributed by atoms with van der Waals surface area (Å²) in [6, 6.07) is 6.77. The molecule has 0 saturated carbocycles. The molecule has 0 aliphatic rings. The summed E-state index contributed by atoms with van der Waals surface area (Å²) >= 11 is 9.30. The molecule has 1 aromatic carbocycles. The van der Waals surface area contributed by atoms with E-state index in [1.165, 1.54) is 6.20 Å². The van der Waals surface area contributed by atoms with Crippen LogP contribution in [0.5, 0.6) is 0 Å². The monoisotopic (exact) mass is 339 g/mol. The number of anilines is 2. The van der Waals surface area contributed by atoms with Crippen LogP contribution in [-0.4, -0.2) is 10.9 Å². The first-order chi connectivity index (χ1) is 8.97. The second kappa shape index (κ2) is 5.59. The Morgan fingerprint density at radius 3 is 2.79 bits per heavy atom. The summed E-state index contributed by atoms with van der Waals surface area (Å²) in [5, 5.41) is 3.06. The summed E-state index contributed by atoms with van der Waals surface area (Å²) < 4.78 is 0.815. The third-order valence-corrected chi connectivity index (χ3v) is 3.37. The highest BCUT2D eigenvalue weighted by Gasteiger charge is 2.11. The molecule has 0 aliphatic carbocycles. The molecule has 2 rings (SSSR count). The number of rotatable bonds is 2. The number of aromatic nitrogens is 1. The molecule has 19 heavy (non-hydrogen) atoms. The molecule has 0 aliphatic heterocycles. The third-order valence-electron chi connectivity index (χ3n) is 2.57. The minimum absolute atomic E-state index is 0.311. The van der Waals surface area contributed by atoms with Crippen LogP contribution in [0.15, 0.2) is 34.9 Å². The van der Waals surface area contributed by atoms with Crippen LogP contribution in [0.2, 0.25) is 5.02 Å². The zero-order valence-electron chi connectivity index (χ0n) is 10.1. The topological polar surface area (TPSA) is 68.0 Å². The predicted octanol–water partition coefficient (Wildman–Crippen LogP) is 3.64. The number of carbonyl (C=O) groups is 1. The number of nitrogens with one attached hydrogen (secondary N) is 1. The van der Waals surface area contributed by atoms with Gasteiger partial charge in [0, 0.05) is 4.47 Å². The van der Waals surface area contributed by atoms with Gasteiger partial charge < -0.3 is 11.1 Å². The Bertz CT molecular complexity index is 646. The fraction of sp³-hybridized carbons (Fsp3) is 0.0769. The van der Waals surface area contributed by atoms with Crippen molar-refractivity contribution in [3.05, 3.63) is 51.1 Å². The number of nitrogens with zero attached hydrogens (tertiary/aromatic N) is 1. The van der Waals surface area contributed by atoms with Crippen LogP contribution in [0, 0.1) is 6.92 Å². The van der Waals surface area contributed by atoms with Gasteiger partial charge >= 0.3 is 0 Å². The normalized spacial score (nSPS) is 10.3. The maximum atomic E-state index is 12.1. The lowest BCUT2D eigenvalue weighted by atomic mass is 10.2. The highest BCUT2D eigenvalue weighted by atomic mass is 79.9. The van der Waals surface area contributed by atoms with Crippen LogP contribution >= 0.6 is 27.5 Å². The molecule has 4 nitrogen and oxygen atoms in total. The zero-order chi connectivity index (χ0) is 14.0. The molecule has 3 N–H and O–H groups in total. The van der Waals surface area contributed by atoms with Gasteiger partial charge in [-0.15, -0.1) is 0 Å². The number of nitrogens with two attached hydrogens (primary N) is 1. The molecule has 0 bridgehead atoms. The molecule has 0 radical (unpaired) electrons. The standard InChI is InChI=1S/C13H11BrClN3O/c1-7-4-12(17-6-11(7)16)18-13(19)9-3-2-8(14)5-10(9)15/h2-6H,16H2,1H3,(H,17,18,19). The van der Waals surface area contributed by atoms with Crippen LogP contribution in [-0.2, 0) is 0 Å². The highest BCUT2D eigenvalue weighted by Crippen LogP contribution is 2.22. The second-order valence-electron chi connectivity index (χ2n) is 4.00. The number of hydrogen-bond acceptors (Lipinski definition) is 3. The Morgan fingerprint density at radius 2 is 2.16 bits per heavy atom. The SMILES string of the molecule is Cc1cc(NC(=O)c2ccc(Br)cc2Cl)ncc1N. The van der Waals surface area contributed by atoms with Crippen molar-refractivity contribution in [1.82, 2.24) is 4.98 Å². The van der Waals surface area contributed by atoms with Crippen molar-refractivity contribution in [1.29, 1.82) is 0 Å². The van der Waals surface area contributed by atoms with Crippen LogP contribution < -0.4 is 11.1 Å². The maximum absolute atomic E-state index is 12.1. The average Bonchev–Trinajstić information content (AvgIpc) is 2.33. The van der Waals surface area contributed by atoms with E-state index in [2.05, 4.69) is 26.2 Å². The van der Waals surface area contributed by atoms with E-state index in [0.29, 0.717) is 22.1 Å². The van der Waals surface area contributed by atoms with Gasteiger partial charge in [0.1, 0.15) is 5.82 Å². The Kier molecular flexibility index (Phi) is 4.07. The van der Waals surface area contributed by atoms with Gasteiger partial charge in [-0.1, -0.05) is 27.5 Å². The van der Waals surface area contributed by atoms with Gasteiger partial charge in [-0.2, -0.15) is 0 Å². The Balaban J connectivity index is 2.23. The Morgan fingerprint density at radius 1 is 1.42 bits per heavy atom. The molecule has 2 aromatic rings. The molecule has 0 saturated heterocycles. The zero-order valence-corrected chi connectivity index (χ0v) is 12.4. The highest BCUT2D eigenvalue weighted by molar-refractivity contribution is 9.10. The summed E-state index contributed by atoms with van der Waals surface area (Å²) in [5.41, 5.74) is 7.50. The van der Waals surface area contributed by atoms with Crippen molar-refractivity contribution in [2.75, 3.05) is 11.1 Å². The first-order valence-corrected chi connectivity index (χ1v) is 6.63. The van der Waals surface area contributed by atoms with E-state index in [1.807, 2.05) is 6.92 Å². The van der Waals surface area contributed by atoms with Gasteiger partial charge in [0.25, 0.3) is 5.91 Å². The molecule has 1 heterocycles. The van der Waals surface area contributed by atoms with Crippen molar-refractivity contribution >= 4 is 44.9 Å². The molecule has 0 unspecified atom stereocenters. The van der Waals surface area contributed by atoms with E-state index in [0.717, 1.165) is 10.0 Å². The lowest BCUT2D eigenvalue weighted by Crippen LogP contribution is -2.13. The molecule has 98 valence electrons. The van der Waals surface area contributed by atoms with Gasteiger partial charge in [-0.3, -0.25) is 4.79 Å². The van der Waals surface area contributed by atoms with Crippen molar-refractivity contribution in [3.63, 3.8) is 0 Å². The van der Waals surface area contributed by atoms with Crippen molar-refractivity contribution in [2.45, 2.75) is 6.92 Å². The Labute approximate surface area is 124 Å². The fourth-order valence-corrected chi connectivity index (χ4v) is 2.25. The number of hydrogen-bond donors (Lipinski definition) is 2. The Hall–Kier alpha value is -1.59. The molecule has 6 heteroatoms. The predicted molar refractivity (Wildman–Crippen MR) is 80.5 cm³/mol. The average molecular weight is 341 g/mol. The summed E-state index contributed by atoms with van der Waals surface area (Å²) in [7, 11) is 0. The fourth-order valence-electron chi connectivity index (χ4n) is 1.49. The van der Waals surface area contributed by atoms with Crippen molar-refractivity contribution in [2.24, 2.45) is 0 Å². The van der Waals surface area contributed by atoms with E-state index >= 15 is 0 Å². The molecule has 1 amide bonds. The minimum atomic E-state index is -0.311. The van der Waals surface area contributed by atoms with E-state index in [-0.39, 0.29) is 5.91 Å². The number of amides is 1. The van der Waals surface area contributed by atoms with Gasteiger partial charge in [0.05, 0.1) is 22.5 Å². The largest absolute Gasteiger partial charge is 0.397 e. The number of aryl methyl sites for hydroxylation is 1. The minimum Gasteiger partial charge on any atom is -0.397 e. The van der Waals surface area contributed by atoms with E-state index in [1.54, 1.807) is 24.3 Å². The molecular weight excluding hydrogens is 330 g/mol. The third kappa shape index (κ3) is 3.24. The molecule has 0 atom stereocenters. The number of benzene rings is 1. The lowest BCUT2D eigenvalue weighted by molar-refractivity contribution is 0.102. The summed E-state index contributed by atoms with van der Waals surface area (Å²) in [4.78, 5) is 16.1. The molecule has 0 spiro atoms. The summed E-state index contributed by atoms with van der Waals surface area (Å²) in [5.74, 6) is 0.129. The van der Waals surface area contributed by atoms with Crippen LogP contribution in [0.25, 0.3) is 0 Å². The number of carbonyl (C=O) groups excluding carboxylic acids is 1. The van der Waals surface area contributed by atoms with Gasteiger partial charge in [0.2, 0.25) is 0 Å². The lowest BCUT2D eigenvalue weighted by Gasteiger charge is -2.08. The smallest absolute Gasteiger partial charge is 0.258 e. The van der Waals surface area contributed by atoms with Crippen LogP contribution in [0.1, 0.15) is 15.9 Å². The number of nitrogen functional groups attached to an aromatic ring is 1. The van der Waals surface area contributed by atoms with Gasteiger partial charge in [-0.05, 0) is 36.8 Å².